The molecule has 1 aromatic rings. The second-order valence-corrected chi connectivity index (χ2v) is 2.57. The fourth-order valence-electron chi connectivity index (χ4n) is 0.517. The first kappa shape index (κ1) is 9.67. The minimum atomic E-state index is 0. The molecule has 0 radical (unpaired) electrons. The minimum Gasteiger partial charge on any atom is -0.337 e. The summed E-state index contributed by atoms with van der Waals surface area (Å²) in [7, 11) is 0. The van der Waals surface area contributed by atoms with Crippen molar-refractivity contribution in [1.82, 2.24) is 9.55 Å². The highest BCUT2D eigenvalue weighted by Crippen LogP contribution is 1.88. The lowest BCUT2D eigenvalue weighted by atomic mass is 10.7. The van der Waals surface area contributed by atoms with E-state index in [1.807, 2.05) is 12.5 Å². The van der Waals surface area contributed by atoms with Crippen molar-refractivity contribution < 1.29 is 0 Å². The maximum absolute atomic E-state index is 3.90. The summed E-state index contributed by atoms with van der Waals surface area (Å²) in [6, 6.07) is 0. The van der Waals surface area contributed by atoms with Crippen LogP contribution in [0.2, 0.25) is 0 Å². The van der Waals surface area contributed by atoms with E-state index in [9.17, 15) is 0 Å². The van der Waals surface area contributed by atoms with Crippen LogP contribution in [0.1, 0.15) is 0 Å². The van der Waals surface area contributed by atoms with Crippen molar-refractivity contribution in [1.29, 1.82) is 0 Å². The van der Waals surface area contributed by atoms with Gasteiger partial charge in [-0.25, -0.2) is 4.98 Å². The van der Waals surface area contributed by atoms with E-state index in [1.165, 1.54) is 0 Å². The molecule has 0 unspecified atom stereocenters. The van der Waals surface area contributed by atoms with E-state index in [4.69, 9.17) is 0 Å². The van der Waals surface area contributed by atoms with E-state index in [0.29, 0.717) is 0 Å². The van der Waals surface area contributed by atoms with Gasteiger partial charge < -0.3 is 4.57 Å². The van der Waals surface area contributed by atoms with Gasteiger partial charge in [0.15, 0.2) is 0 Å². The van der Waals surface area contributed by atoms with Gasteiger partial charge in [0, 0.05) is 23.4 Å². The molecule has 1 rings (SSSR count). The number of hydrogen-bond acceptors (Lipinski definition) is 1. The lowest BCUT2D eigenvalue weighted by Crippen LogP contribution is -1.93. The third-order valence-electron chi connectivity index (χ3n) is 0.902. The number of nitrogens with zero attached hydrogens (tertiary/aromatic N) is 2. The topological polar surface area (TPSA) is 17.8 Å². The number of aryl methyl sites for hydroxylation is 1. The molecule has 2 nitrogen and oxygen atoms in total. The minimum absolute atomic E-state index is 0. The molecule has 0 atom stereocenters. The Morgan fingerprint density at radius 3 is 2.78 bits per heavy atom. The number of halogens is 2. The Balaban J connectivity index is 0.000000640. The molecule has 9 heavy (non-hydrogen) atoms. The third kappa shape index (κ3) is 3.39. The van der Waals surface area contributed by atoms with Crippen LogP contribution >= 0.6 is 46.6 Å². The maximum atomic E-state index is 3.90. The Kier molecular flexibility index (Phi) is 5.86. The molecule has 1 heterocycles. The second kappa shape index (κ2) is 5.45. The van der Waals surface area contributed by atoms with Gasteiger partial charge in [0.25, 0.3) is 0 Å². The van der Waals surface area contributed by atoms with Crippen LogP contribution in [0.4, 0.5) is 0 Å². The molecule has 0 aliphatic carbocycles. The molecule has 0 saturated heterocycles. The summed E-state index contributed by atoms with van der Waals surface area (Å²) >= 11 is 2.34. The number of hydrogen-bond donors (Lipinski definition) is 0. The quantitative estimate of drug-likeness (QED) is 0.589. The molecular weight excluding hydrogens is 342 g/mol. The molecule has 0 aliphatic rings. The molecule has 0 amide bonds. The number of imidazole rings is 1. The first-order chi connectivity index (χ1) is 3.93. The molecule has 0 fully saturated rings. The Labute approximate surface area is 85.2 Å². The average molecular weight is 350 g/mol. The second-order valence-electron chi connectivity index (χ2n) is 1.49. The normalized spacial score (nSPS) is 8.56. The highest BCUT2D eigenvalue weighted by molar-refractivity contribution is 14.1. The van der Waals surface area contributed by atoms with E-state index in [2.05, 4.69) is 32.1 Å². The molecular formula is C5H8I2N2. The lowest BCUT2D eigenvalue weighted by Gasteiger charge is -1.92. The van der Waals surface area contributed by atoms with Gasteiger partial charge in [0.05, 0.1) is 6.33 Å². The monoisotopic (exact) mass is 350 g/mol. The van der Waals surface area contributed by atoms with Crippen molar-refractivity contribution in [3.8, 4) is 0 Å². The maximum Gasteiger partial charge on any atom is 0.0946 e. The van der Waals surface area contributed by atoms with Crippen molar-refractivity contribution in [2.75, 3.05) is 4.43 Å². The van der Waals surface area contributed by atoms with Crippen LogP contribution in [0.5, 0.6) is 0 Å². The summed E-state index contributed by atoms with van der Waals surface area (Å²) in [5.41, 5.74) is 0. The van der Waals surface area contributed by atoms with Crippen LogP contribution in [0.25, 0.3) is 0 Å². The van der Waals surface area contributed by atoms with Crippen molar-refractivity contribution in [2.45, 2.75) is 6.54 Å². The van der Waals surface area contributed by atoms with Crippen LogP contribution in [-0.2, 0) is 6.54 Å². The average Bonchev–Trinajstić information content (AvgIpc) is 2.19. The fourth-order valence-corrected chi connectivity index (χ4v) is 1.07. The van der Waals surface area contributed by atoms with Gasteiger partial charge in [-0.05, 0) is 0 Å². The van der Waals surface area contributed by atoms with Gasteiger partial charge in [-0.1, -0.05) is 22.6 Å². The van der Waals surface area contributed by atoms with Crippen LogP contribution in [-0.4, -0.2) is 14.0 Å². The van der Waals surface area contributed by atoms with Gasteiger partial charge in [0.1, 0.15) is 0 Å². The Morgan fingerprint density at radius 1 is 1.56 bits per heavy atom. The van der Waals surface area contributed by atoms with Gasteiger partial charge in [0.2, 0.25) is 0 Å². The molecule has 0 bridgehead atoms. The molecule has 0 aliphatic heterocycles. The van der Waals surface area contributed by atoms with Gasteiger partial charge >= 0.3 is 0 Å². The van der Waals surface area contributed by atoms with Gasteiger partial charge in [-0.2, -0.15) is 0 Å². The summed E-state index contributed by atoms with van der Waals surface area (Å²) in [4.78, 5) is 3.90. The zero-order chi connectivity index (χ0) is 5.82. The summed E-state index contributed by atoms with van der Waals surface area (Å²) in [6.07, 6.45) is 5.60. The molecule has 1 aromatic heterocycles. The summed E-state index contributed by atoms with van der Waals surface area (Å²) in [6.45, 7) is 1.07. The summed E-state index contributed by atoms with van der Waals surface area (Å²) < 4.78 is 3.21. The third-order valence-corrected chi connectivity index (χ3v) is 1.38. The van der Waals surface area contributed by atoms with Crippen molar-refractivity contribution in [3.63, 3.8) is 0 Å². The molecule has 0 spiro atoms. The number of aromatic nitrogens is 2. The molecule has 0 N–H and O–H groups in total. The van der Waals surface area contributed by atoms with Crippen LogP contribution in [0, 0.1) is 0 Å². The molecule has 4 heteroatoms. The van der Waals surface area contributed by atoms with Crippen LogP contribution < -0.4 is 0 Å². The standard InChI is InChI=1S/C5H7IN2.HI/c6-1-3-8-4-2-7-5-8;/h2,4-5H,1,3H2;1H. The largest absolute Gasteiger partial charge is 0.337 e. The number of alkyl halides is 1. The van der Waals surface area contributed by atoms with Gasteiger partial charge in [-0.15, -0.1) is 24.0 Å². The zero-order valence-electron chi connectivity index (χ0n) is 4.83. The van der Waals surface area contributed by atoms with Crippen molar-refractivity contribution >= 4 is 46.6 Å². The summed E-state index contributed by atoms with van der Waals surface area (Å²) in [5, 5.41) is 0. The predicted molar refractivity (Wildman–Crippen MR) is 56.5 cm³/mol. The highest BCUT2D eigenvalue weighted by atomic mass is 127. The van der Waals surface area contributed by atoms with Crippen molar-refractivity contribution in [3.05, 3.63) is 18.7 Å². The predicted octanol–water partition coefficient (Wildman–Crippen LogP) is 1.94. The Hall–Kier alpha value is 0.670. The fraction of sp³-hybridized carbons (Fsp3) is 0.400. The zero-order valence-corrected chi connectivity index (χ0v) is 9.31. The van der Waals surface area contributed by atoms with E-state index in [-0.39, 0.29) is 24.0 Å². The van der Waals surface area contributed by atoms with E-state index >= 15 is 0 Å². The number of rotatable bonds is 2. The SMILES string of the molecule is I.ICCn1ccnc1. The Bertz CT molecular complexity index is 139. The molecule has 0 aromatic carbocycles. The van der Waals surface area contributed by atoms with E-state index < -0.39 is 0 Å². The first-order valence-electron chi connectivity index (χ1n) is 2.45. The van der Waals surface area contributed by atoms with Crippen LogP contribution in [0.15, 0.2) is 18.7 Å². The van der Waals surface area contributed by atoms with Crippen LogP contribution in [0.3, 0.4) is 0 Å². The lowest BCUT2D eigenvalue weighted by molar-refractivity contribution is 0.779. The summed E-state index contributed by atoms with van der Waals surface area (Å²) in [5.74, 6) is 0. The smallest absolute Gasteiger partial charge is 0.0946 e. The van der Waals surface area contributed by atoms with Gasteiger partial charge in [-0.3, -0.25) is 0 Å². The molecule has 0 saturated carbocycles. The first-order valence-corrected chi connectivity index (χ1v) is 3.98. The Morgan fingerprint density at radius 2 is 2.33 bits per heavy atom. The van der Waals surface area contributed by atoms with E-state index in [0.717, 1.165) is 11.0 Å². The highest BCUT2D eigenvalue weighted by Gasteiger charge is 1.82. The molecule has 52 valence electrons. The van der Waals surface area contributed by atoms with E-state index in [1.54, 1.807) is 6.20 Å². The van der Waals surface area contributed by atoms with Crippen molar-refractivity contribution in [2.24, 2.45) is 0 Å².